The lowest BCUT2D eigenvalue weighted by atomic mass is 9.87. The molecule has 10 heteroatoms. The lowest BCUT2D eigenvalue weighted by Gasteiger charge is -2.41. The number of methoxy groups -OCH3 is 1. The van der Waals surface area contributed by atoms with E-state index in [0.29, 0.717) is 38.7 Å². The topological polar surface area (TPSA) is 130 Å². The average molecular weight is 529 g/mol. The number of hydrogen-bond donors (Lipinski definition) is 3. The van der Waals surface area contributed by atoms with Crippen molar-refractivity contribution in [2.24, 2.45) is 16.8 Å². The minimum Gasteiger partial charge on any atom is -0.487 e. The van der Waals surface area contributed by atoms with Gasteiger partial charge in [-0.15, -0.1) is 0 Å². The van der Waals surface area contributed by atoms with E-state index in [9.17, 15) is 19.5 Å². The van der Waals surface area contributed by atoms with Crippen LogP contribution in [0.1, 0.15) is 77.8 Å². The van der Waals surface area contributed by atoms with Crippen molar-refractivity contribution in [3.63, 3.8) is 0 Å². The Bertz CT molecular complexity index is 1100. The Balaban J connectivity index is 1.56. The summed E-state index contributed by atoms with van der Waals surface area (Å²) < 4.78 is 11.4. The van der Waals surface area contributed by atoms with E-state index >= 15 is 0 Å². The highest BCUT2D eigenvalue weighted by Gasteiger charge is 2.53. The van der Waals surface area contributed by atoms with Crippen LogP contribution in [0, 0.1) is 11.8 Å². The van der Waals surface area contributed by atoms with Gasteiger partial charge in [-0.3, -0.25) is 19.8 Å². The molecule has 1 aliphatic carbocycles. The maximum absolute atomic E-state index is 13.5. The van der Waals surface area contributed by atoms with Gasteiger partial charge in [0.15, 0.2) is 0 Å². The molecule has 0 saturated heterocycles. The molecule has 1 unspecified atom stereocenters. The van der Waals surface area contributed by atoms with Crippen molar-refractivity contribution in [1.29, 1.82) is 0 Å². The van der Waals surface area contributed by atoms with Gasteiger partial charge in [-0.1, -0.05) is 32.0 Å². The Kier molecular flexibility index (Phi) is 8.01. The maximum Gasteiger partial charge on any atom is 0.411 e. The molecule has 3 aliphatic rings. The number of hydrogen-bond acceptors (Lipinski definition) is 6. The van der Waals surface area contributed by atoms with E-state index in [1.54, 1.807) is 7.11 Å². The third-order valence-electron chi connectivity index (χ3n) is 8.17. The number of benzene rings is 1. The zero-order valence-corrected chi connectivity index (χ0v) is 23.0. The van der Waals surface area contributed by atoms with Gasteiger partial charge in [0.2, 0.25) is 17.8 Å². The van der Waals surface area contributed by atoms with Crippen molar-refractivity contribution in [3.8, 4) is 5.75 Å². The van der Waals surface area contributed by atoms with Gasteiger partial charge in [0.05, 0.1) is 18.0 Å². The molecular formula is C28H40N4O6. The molecule has 1 aromatic rings. The monoisotopic (exact) mass is 528 g/mol. The van der Waals surface area contributed by atoms with E-state index in [4.69, 9.17) is 14.5 Å². The fourth-order valence-electron chi connectivity index (χ4n) is 5.91. The summed E-state index contributed by atoms with van der Waals surface area (Å²) in [5.74, 6) is 0.144. The average Bonchev–Trinajstić information content (AvgIpc) is 3.65. The third kappa shape index (κ3) is 5.80. The second-order valence-electron chi connectivity index (χ2n) is 11.3. The first kappa shape index (κ1) is 27.9. The summed E-state index contributed by atoms with van der Waals surface area (Å²) in [4.78, 5) is 44.9. The van der Waals surface area contributed by atoms with Crippen molar-refractivity contribution < 1.29 is 29.0 Å². The highest BCUT2D eigenvalue weighted by atomic mass is 16.5. The van der Waals surface area contributed by atoms with Crippen molar-refractivity contribution in [2.75, 3.05) is 13.7 Å². The number of guanidine groups is 1. The van der Waals surface area contributed by atoms with Crippen LogP contribution in [0.2, 0.25) is 0 Å². The number of amides is 3. The molecule has 3 N–H and O–H groups in total. The first-order chi connectivity index (χ1) is 18.0. The molecule has 208 valence electrons. The van der Waals surface area contributed by atoms with Crippen molar-refractivity contribution in [3.05, 3.63) is 29.8 Å². The maximum atomic E-state index is 13.5. The number of ether oxygens (including phenoxy) is 2. The predicted molar refractivity (Wildman–Crippen MR) is 142 cm³/mol. The predicted octanol–water partition coefficient (Wildman–Crippen LogP) is 3.86. The van der Waals surface area contributed by atoms with Gasteiger partial charge < -0.3 is 19.9 Å². The molecule has 38 heavy (non-hydrogen) atoms. The van der Waals surface area contributed by atoms with Crippen LogP contribution in [0.15, 0.2) is 29.3 Å². The van der Waals surface area contributed by atoms with Crippen LogP contribution in [-0.2, 0) is 14.3 Å². The second-order valence-corrected chi connectivity index (χ2v) is 11.3. The number of carbonyl (C=O) groups is 3. The van der Waals surface area contributed by atoms with Gasteiger partial charge in [-0.25, -0.2) is 9.79 Å². The highest BCUT2D eigenvalue weighted by Crippen LogP contribution is 2.47. The number of aliphatic imine (C=N–C) groups is 1. The summed E-state index contributed by atoms with van der Waals surface area (Å²) in [5, 5.41) is 15.1. The summed E-state index contributed by atoms with van der Waals surface area (Å²) in [6.45, 7) is 8.29. The van der Waals surface area contributed by atoms with E-state index in [-0.39, 0.29) is 42.1 Å². The molecule has 0 radical (unpaired) electrons. The van der Waals surface area contributed by atoms with E-state index in [1.807, 2.05) is 52.0 Å². The van der Waals surface area contributed by atoms with E-state index in [0.717, 1.165) is 11.3 Å². The molecule has 2 aliphatic heterocycles. The largest absolute Gasteiger partial charge is 0.487 e. The minimum absolute atomic E-state index is 0.0460. The summed E-state index contributed by atoms with van der Waals surface area (Å²) in [5.41, 5.74) is -0.106. The lowest BCUT2D eigenvalue weighted by Crippen LogP contribution is -2.58. The number of carboxylic acid groups (broad SMARTS) is 1. The number of carbonyl (C=O) groups excluding carboxylic acids is 2. The van der Waals surface area contributed by atoms with Gasteiger partial charge in [-0.05, 0) is 51.5 Å². The minimum atomic E-state index is -1.28. The molecule has 10 nitrogen and oxygen atoms in total. The smallest absolute Gasteiger partial charge is 0.411 e. The highest BCUT2D eigenvalue weighted by molar-refractivity contribution is 6.05. The van der Waals surface area contributed by atoms with Gasteiger partial charge >= 0.3 is 6.09 Å². The molecule has 4 rings (SSSR count). The quantitative estimate of drug-likeness (QED) is 0.446. The Labute approximate surface area is 224 Å². The van der Waals surface area contributed by atoms with Crippen LogP contribution < -0.4 is 15.4 Å². The molecule has 2 heterocycles. The summed E-state index contributed by atoms with van der Waals surface area (Å²) >= 11 is 0. The number of fused-ring (bicyclic) bond motifs is 1. The number of nitrogens with one attached hydrogen (secondary N) is 2. The molecule has 0 bridgehead atoms. The second kappa shape index (κ2) is 10.9. The SMILES string of the molecule is CCC1(CC)CC(=O)N(C(CCOC)[C@@H]2C[C@@H]2C(=O)N[C@H]2CC(C)(C)Oc3ccccc32)C(NC(=O)O)=N1. The Hall–Kier alpha value is -3.14. The van der Waals surface area contributed by atoms with Gasteiger partial charge in [0, 0.05) is 37.7 Å². The van der Waals surface area contributed by atoms with E-state index < -0.39 is 23.3 Å². The van der Waals surface area contributed by atoms with Crippen LogP contribution in [-0.4, -0.2) is 64.8 Å². The summed E-state index contributed by atoms with van der Waals surface area (Å²) in [6, 6.07) is 7.16. The first-order valence-electron chi connectivity index (χ1n) is 13.5. The van der Waals surface area contributed by atoms with Crippen molar-refractivity contribution in [2.45, 2.75) is 89.4 Å². The lowest BCUT2D eigenvalue weighted by molar-refractivity contribution is -0.133. The Morgan fingerprint density at radius 3 is 2.63 bits per heavy atom. The Morgan fingerprint density at radius 2 is 1.97 bits per heavy atom. The molecule has 0 aromatic heterocycles. The number of rotatable bonds is 9. The van der Waals surface area contributed by atoms with Gasteiger partial charge in [0.25, 0.3) is 0 Å². The molecule has 0 spiro atoms. The molecule has 1 fully saturated rings. The van der Waals surface area contributed by atoms with Crippen LogP contribution >= 0.6 is 0 Å². The Morgan fingerprint density at radius 1 is 1.26 bits per heavy atom. The standard InChI is InChI=1S/C28H40N4O6/c1-6-28(7-2)16-23(33)32(25(31-28)30-26(35)36)21(12-13-37-5)18-14-19(18)24(34)29-20-15-27(3,4)38-22-11-9-8-10-17(20)22/h8-11,18-21H,6-7,12-16H2,1-5H3,(H,29,34)(H,30,31)(H,35,36)/t18-,19+,20+,21?/m1/s1. The molecular weight excluding hydrogens is 488 g/mol. The van der Waals surface area contributed by atoms with E-state index in [1.165, 1.54) is 4.90 Å². The molecule has 4 atom stereocenters. The summed E-state index contributed by atoms with van der Waals surface area (Å²) in [7, 11) is 1.58. The van der Waals surface area contributed by atoms with Gasteiger partial charge in [-0.2, -0.15) is 0 Å². The van der Waals surface area contributed by atoms with Crippen LogP contribution in [0.3, 0.4) is 0 Å². The molecule has 3 amide bonds. The zero-order chi connectivity index (χ0) is 27.7. The van der Waals surface area contributed by atoms with E-state index in [2.05, 4.69) is 10.6 Å². The first-order valence-corrected chi connectivity index (χ1v) is 13.5. The number of para-hydroxylation sites is 1. The third-order valence-corrected chi connectivity index (χ3v) is 8.17. The van der Waals surface area contributed by atoms with Crippen LogP contribution in [0.25, 0.3) is 0 Å². The fraction of sp³-hybridized carbons (Fsp3) is 0.643. The van der Waals surface area contributed by atoms with Crippen molar-refractivity contribution >= 4 is 23.9 Å². The summed E-state index contributed by atoms with van der Waals surface area (Å²) in [6.07, 6.45) is 1.87. The zero-order valence-electron chi connectivity index (χ0n) is 23.0. The normalized spacial score (nSPS) is 25.9. The fourth-order valence-corrected chi connectivity index (χ4v) is 5.91. The molecule has 1 aromatic carbocycles. The van der Waals surface area contributed by atoms with Gasteiger partial charge in [0.1, 0.15) is 11.4 Å². The van der Waals surface area contributed by atoms with Crippen LogP contribution in [0.5, 0.6) is 5.75 Å². The number of nitrogens with zero attached hydrogens (tertiary/aromatic N) is 2. The van der Waals surface area contributed by atoms with Crippen LogP contribution in [0.4, 0.5) is 4.79 Å². The molecule has 1 saturated carbocycles. The van der Waals surface area contributed by atoms with Crippen molar-refractivity contribution in [1.82, 2.24) is 15.5 Å².